The second-order valence-corrected chi connectivity index (χ2v) is 3.46. The first-order valence-electron chi connectivity index (χ1n) is 4.43. The average Bonchev–Trinajstić information content (AvgIpc) is 2.09. The van der Waals surface area contributed by atoms with Crippen molar-refractivity contribution in [1.29, 1.82) is 0 Å². The third-order valence-electron chi connectivity index (χ3n) is 1.81. The Labute approximate surface area is 82.4 Å². The van der Waals surface area contributed by atoms with E-state index in [0.29, 0.717) is 11.4 Å². The highest BCUT2D eigenvalue weighted by molar-refractivity contribution is 5.91. The summed E-state index contributed by atoms with van der Waals surface area (Å²) in [6.45, 7) is 5.27. The van der Waals surface area contributed by atoms with Gasteiger partial charge in [-0.1, -0.05) is 13.8 Å². The van der Waals surface area contributed by atoms with Crippen LogP contribution in [0.2, 0.25) is 0 Å². The maximum atomic E-state index is 12.7. The van der Waals surface area contributed by atoms with Gasteiger partial charge < -0.3 is 5.32 Å². The molecule has 4 heteroatoms. The molecule has 14 heavy (non-hydrogen) atoms. The second-order valence-electron chi connectivity index (χ2n) is 3.46. The Hall–Kier alpha value is -1.45. The molecular formula is C10H13FN2O. The Kier molecular flexibility index (Phi) is 3.17. The number of nitrogens with one attached hydrogen (secondary N) is 1. The van der Waals surface area contributed by atoms with Gasteiger partial charge in [-0.25, -0.2) is 9.37 Å². The zero-order valence-electron chi connectivity index (χ0n) is 8.47. The van der Waals surface area contributed by atoms with Gasteiger partial charge in [0, 0.05) is 5.92 Å². The molecule has 0 unspecified atom stereocenters. The number of carbonyl (C=O) groups excluding carboxylic acids is 1. The molecule has 0 aliphatic rings. The van der Waals surface area contributed by atoms with Crippen molar-refractivity contribution in [3.8, 4) is 0 Å². The maximum absolute atomic E-state index is 12.7. The van der Waals surface area contributed by atoms with E-state index in [9.17, 15) is 9.18 Å². The summed E-state index contributed by atoms with van der Waals surface area (Å²) in [6.07, 6.45) is 1.09. The number of carbonyl (C=O) groups is 1. The third-order valence-corrected chi connectivity index (χ3v) is 1.81. The van der Waals surface area contributed by atoms with Crippen LogP contribution in [-0.4, -0.2) is 10.9 Å². The summed E-state index contributed by atoms with van der Waals surface area (Å²) in [5.41, 5.74) is 0.624. The monoisotopic (exact) mass is 196 g/mol. The quantitative estimate of drug-likeness (QED) is 0.787. The summed E-state index contributed by atoms with van der Waals surface area (Å²) in [7, 11) is 0. The summed E-state index contributed by atoms with van der Waals surface area (Å²) in [5.74, 6) is -0.205. The minimum atomic E-state index is -0.398. The SMILES string of the molecule is Cc1cc(F)cnc1NC(=O)C(C)C. The number of pyridine rings is 1. The van der Waals surface area contributed by atoms with Gasteiger partial charge >= 0.3 is 0 Å². The van der Waals surface area contributed by atoms with Crippen LogP contribution in [0.5, 0.6) is 0 Å². The van der Waals surface area contributed by atoms with Gasteiger partial charge in [0.2, 0.25) is 5.91 Å². The highest BCUT2D eigenvalue weighted by atomic mass is 19.1. The molecule has 1 amide bonds. The molecule has 1 rings (SSSR count). The van der Waals surface area contributed by atoms with Gasteiger partial charge in [-0.05, 0) is 18.6 Å². The fourth-order valence-electron chi connectivity index (χ4n) is 0.932. The van der Waals surface area contributed by atoms with Crippen molar-refractivity contribution < 1.29 is 9.18 Å². The van der Waals surface area contributed by atoms with Crippen molar-refractivity contribution in [3.05, 3.63) is 23.6 Å². The van der Waals surface area contributed by atoms with E-state index in [-0.39, 0.29) is 11.8 Å². The van der Waals surface area contributed by atoms with Crippen LogP contribution in [0.15, 0.2) is 12.3 Å². The number of halogens is 1. The Morgan fingerprint density at radius 3 is 2.71 bits per heavy atom. The van der Waals surface area contributed by atoms with Crippen molar-refractivity contribution in [3.63, 3.8) is 0 Å². The number of hydrogen-bond acceptors (Lipinski definition) is 2. The van der Waals surface area contributed by atoms with Crippen LogP contribution in [0.25, 0.3) is 0 Å². The van der Waals surface area contributed by atoms with Crippen molar-refractivity contribution in [1.82, 2.24) is 4.98 Å². The number of hydrogen-bond donors (Lipinski definition) is 1. The van der Waals surface area contributed by atoms with Crippen LogP contribution in [0.1, 0.15) is 19.4 Å². The molecule has 1 N–H and O–H groups in total. The van der Waals surface area contributed by atoms with E-state index in [0.717, 1.165) is 6.20 Å². The van der Waals surface area contributed by atoms with Gasteiger partial charge in [-0.3, -0.25) is 4.79 Å². The molecule has 0 saturated carbocycles. The lowest BCUT2D eigenvalue weighted by Gasteiger charge is -2.08. The molecule has 1 aromatic rings. The van der Waals surface area contributed by atoms with Crippen LogP contribution < -0.4 is 5.32 Å². The van der Waals surface area contributed by atoms with E-state index < -0.39 is 5.82 Å². The summed E-state index contributed by atoms with van der Waals surface area (Å²) in [5, 5.41) is 2.62. The van der Waals surface area contributed by atoms with Gasteiger partial charge in [-0.15, -0.1) is 0 Å². The van der Waals surface area contributed by atoms with E-state index in [1.807, 2.05) is 0 Å². The van der Waals surface area contributed by atoms with Crippen molar-refractivity contribution in [2.24, 2.45) is 5.92 Å². The molecule has 0 fully saturated rings. The fourth-order valence-corrected chi connectivity index (χ4v) is 0.932. The number of nitrogens with zero attached hydrogens (tertiary/aromatic N) is 1. The lowest BCUT2D eigenvalue weighted by molar-refractivity contribution is -0.118. The normalized spacial score (nSPS) is 10.4. The molecule has 0 aliphatic heterocycles. The predicted octanol–water partition coefficient (Wildman–Crippen LogP) is 2.12. The third kappa shape index (κ3) is 2.52. The van der Waals surface area contributed by atoms with Crippen LogP contribution in [-0.2, 0) is 4.79 Å². The summed E-state index contributed by atoms with van der Waals surface area (Å²) in [6, 6.07) is 1.34. The minimum Gasteiger partial charge on any atom is -0.310 e. The lowest BCUT2D eigenvalue weighted by Crippen LogP contribution is -2.19. The molecule has 0 radical (unpaired) electrons. The molecule has 76 valence electrons. The summed E-state index contributed by atoms with van der Waals surface area (Å²) in [4.78, 5) is 15.1. The van der Waals surface area contributed by atoms with E-state index in [2.05, 4.69) is 10.3 Å². The number of anilines is 1. The molecule has 1 heterocycles. The highest BCUT2D eigenvalue weighted by Crippen LogP contribution is 2.12. The van der Waals surface area contributed by atoms with Crippen LogP contribution in [0, 0.1) is 18.7 Å². The van der Waals surface area contributed by atoms with E-state index in [4.69, 9.17) is 0 Å². The summed E-state index contributed by atoms with van der Waals surface area (Å²) < 4.78 is 12.7. The number of aromatic nitrogens is 1. The van der Waals surface area contributed by atoms with Crippen molar-refractivity contribution in [2.75, 3.05) is 5.32 Å². The zero-order chi connectivity index (χ0) is 10.7. The van der Waals surface area contributed by atoms with E-state index in [1.54, 1.807) is 20.8 Å². The molecule has 0 saturated heterocycles. The number of rotatable bonds is 2. The van der Waals surface area contributed by atoms with E-state index in [1.165, 1.54) is 6.07 Å². The smallest absolute Gasteiger partial charge is 0.228 e. The van der Waals surface area contributed by atoms with Gasteiger partial charge in [0.1, 0.15) is 11.6 Å². The lowest BCUT2D eigenvalue weighted by atomic mass is 10.2. The largest absolute Gasteiger partial charge is 0.310 e. The first-order chi connectivity index (χ1) is 6.50. The summed E-state index contributed by atoms with van der Waals surface area (Å²) >= 11 is 0. The highest BCUT2D eigenvalue weighted by Gasteiger charge is 2.09. The van der Waals surface area contributed by atoms with Crippen molar-refractivity contribution >= 4 is 11.7 Å². The van der Waals surface area contributed by atoms with E-state index >= 15 is 0 Å². The number of aryl methyl sites for hydroxylation is 1. The Bertz CT molecular complexity index is 350. The van der Waals surface area contributed by atoms with Crippen molar-refractivity contribution in [2.45, 2.75) is 20.8 Å². The fraction of sp³-hybridized carbons (Fsp3) is 0.400. The molecule has 0 aliphatic carbocycles. The standard InChI is InChI=1S/C10H13FN2O/c1-6(2)10(14)13-9-7(3)4-8(11)5-12-9/h4-6H,1-3H3,(H,12,13,14). The first-order valence-corrected chi connectivity index (χ1v) is 4.43. The van der Waals surface area contributed by atoms with Gasteiger partial charge in [0.05, 0.1) is 6.20 Å². The second kappa shape index (κ2) is 4.17. The number of amides is 1. The Morgan fingerprint density at radius 1 is 1.57 bits per heavy atom. The van der Waals surface area contributed by atoms with Gasteiger partial charge in [-0.2, -0.15) is 0 Å². The molecule has 0 atom stereocenters. The molecule has 0 aromatic carbocycles. The first kappa shape index (κ1) is 10.6. The average molecular weight is 196 g/mol. The van der Waals surface area contributed by atoms with Gasteiger partial charge in [0.15, 0.2) is 0 Å². The molecule has 1 aromatic heterocycles. The zero-order valence-corrected chi connectivity index (χ0v) is 8.47. The predicted molar refractivity (Wildman–Crippen MR) is 52.4 cm³/mol. The topological polar surface area (TPSA) is 42.0 Å². The Balaban J connectivity index is 2.82. The Morgan fingerprint density at radius 2 is 2.21 bits per heavy atom. The van der Waals surface area contributed by atoms with Crippen LogP contribution in [0.3, 0.4) is 0 Å². The van der Waals surface area contributed by atoms with Crippen LogP contribution >= 0.6 is 0 Å². The minimum absolute atomic E-state index is 0.110. The molecule has 0 bridgehead atoms. The van der Waals surface area contributed by atoms with Gasteiger partial charge in [0.25, 0.3) is 0 Å². The molecule has 0 spiro atoms. The molecular weight excluding hydrogens is 183 g/mol. The van der Waals surface area contributed by atoms with Crippen LogP contribution in [0.4, 0.5) is 10.2 Å². The maximum Gasteiger partial charge on any atom is 0.228 e. The molecule has 3 nitrogen and oxygen atoms in total.